The summed E-state index contributed by atoms with van der Waals surface area (Å²) in [6.45, 7) is 8.27. The van der Waals surface area contributed by atoms with Crippen molar-refractivity contribution in [3.63, 3.8) is 0 Å². The molecule has 1 amide bonds. The summed E-state index contributed by atoms with van der Waals surface area (Å²) in [5, 5.41) is 6.20. The van der Waals surface area contributed by atoms with Gasteiger partial charge in [0.05, 0.1) is 5.56 Å². The predicted molar refractivity (Wildman–Crippen MR) is 77.2 cm³/mol. The number of anilines is 1. The molecule has 0 radical (unpaired) electrons. The van der Waals surface area contributed by atoms with E-state index in [0.29, 0.717) is 5.56 Å². The number of carbonyl (C=O) groups excluding carboxylic acids is 1. The van der Waals surface area contributed by atoms with Gasteiger partial charge in [-0.05, 0) is 38.8 Å². The van der Waals surface area contributed by atoms with Crippen molar-refractivity contribution in [3.05, 3.63) is 29.3 Å². The number of amides is 1. The van der Waals surface area contributed by atoms with Gasteiger partial charge < -0.3 is 10.6 Å². The summed E-state index contributed by atoms with van der Waals surface area (Å²) < 4.78 is 0. The lowest BCUT2D eigenvalue weighted by atomic mass is 9.94. The minimum absolute atomic E-state index is 0.00532. The maximum atomic E-state index is 12.4. The first-order valence-electron chi connectivity index (χ1n) is 6.56. The van der Waals surface area contributed by atoms with Gasteiger partial charge in [-0.1, -0.05) is 25.5 Å². The molecule has 0 saturated carbocycles. The lowest BCUT2D eigenvalue weighted by Crippen LogP contribution is -2.45. The molecule has 0 spiro atoms. The fourth-order valence-electron chi connectivity index (χ4n) is 1.83. The molecule has 1 aromatic rings. The summed E-state index contributed by atoms with van der Waals surface area (Å²) in [4.78, 5) is 12.4. The minimum atomic E-state index is -0.133. The van der Waals surface area contributed by atoms with Gasteiger partial charge in [0, 0.05) is 18.3 Å². The van der Waals surface area contributed by atoms with E-state index in [1.54, 1.807) is 0 Å². The Hall–Kier alpha value is -1.51. The Morgan fingerprint density at radius 1 is 1.28 bits per heavy atom. The third kappa shape index (κ3) is 3.25. The number of nitrogens with one attached hydrogen (secondary N) is 2. The smallest absolute Gasteiger partial charge is 0.253 e. The molecule has 0 fully saturated rings. The third-order valence-corrected chi connectivity index (χ3v) is 3.67. The Labute approximate surface area is 110 Å². The summed E-state index contributed by atoms with van der Waals surface area (Å²) in [7, 11) is 1.83. The van der Waals surface area contributed by atoms with Gasteiger partial charge in [-0.15, -0.1) is 0 Å². The van der Waals surface area contributed by atoms with Crippen LogP contribution in [0.5, 0.6) is 0 Å². The zero-order valence-corrected chi connectivity index (χ0v) is 12.1. The molecule has 0 saturated heterocycles. The van der Waals surface area contributed by atoms with Crippen molar-refractivity contribution >= 4 is 11.6 Å². The lowest BCUT2D eigenvalue weighted by molar-refractivity contribution is 0.0902. The van der Waals surface area contributed by atoms with Gasteiger partial charge >= 0.3 is 0 Å². The van der Waals surface area contributed by atoms with E-state index in [0.717, 1.165) is 24.1 Å². The van der Waals surface area contributed by atoms with E-state index in [1.807, 2.05) is 32.2 Å². The molecule has 3 nitrogen and oxygen atoms in total. The lowest BCUT2D eigenvalue weighted by Gasteiger charge is -2.28. The highest BCUT2D eigenvalue weighted by atomic mass is 16.1. The number of rotatable bonds is 5. The van der Waals surface area contributed by atoms with Crippen LogP contribution in [-0.4, -0.2) is 18.5 Å². The van der Waals surface area contributed by atoms with E-state index >= 15 is 0 Å². The second kappa shape index (κ2) is 5.89. The van der Waals surface area contributed by atoms with E-state index in [2.05, 4.69) is 31.4 Å². The van der Waals surface area contributed by atoms with Crippen LogP contribution in [0.1, 0.15) is 49.5 Å². The van der Waals surface area contributed by atoms with Crippen molar-refractivity contribution in [1.82, 2.24) is 5.32 Å². The van der Waals surface area contributed by atoms with Crippen LogP contribution in [-0.2, 0) is 0 Å². The van der Waals surface area contributed by atoms with Crippen molar-refractivity contribution in [2.75, 3.05) is 12.4 Å². The van der Waals surface area contributed by atoms with Gasteiger partial charge in [0.25, 0.3) is 5.91 Å². The summed E-state index contributed by atoms with van der Waals surface area (Å²) in [5.74, 6) is -0.00532. The van der Waals surface area contributed by atoms with Crippen LogP contribution in [0.4, 0.5) is 5.69 Å². The number of hydrogen-bond donors (Lipinski definition) is 2. The maximum absolute atomic E-state index is 12.4. The van der Waals surface area contributed by atoms with E-state index in [9.17, 15) is 4.79 Å². The molecule has 0 unspecified atom stereocenters. The van der Waals surface area contributed by atoms with Crippen LogP contribution in [0, 0.1) is 6.92 Å². The number of hydrogen-bond acceptors (Lipinski definition) is 2. The Morgan fingerprint density at radius 3 is 2.39 bits per heavy atom. The Morgan fingerprint density at radius 2 is 1.89 bits per heavy atom. The van der Waals surface area contributed by atoms with Crippen molar-refractivity contribution in [1.29, 1.82) is 0 Å². The first-order chi connectivity index (χ1) is 8.45. The fourth-order valence-corrected chi connectivity index (χ4v) is 1.83. The standard InChI is InChI=1S/C15H24N2O/c1-6-15(4,7-2)17-14(18)12-10-11(3)8-9-13(12)16-5/h8-10,16H,6-7H2,1-5H3,(H,17,18). The second-order valence-electron chi connectivity index (χ2n) is 5.02. The van der Waals surface area contributed by atoms with Gasteiger partial charge in [-0.3, -0.25) is 4.79 Å². The normalized spacial score (nSPS) is 11.2. The van der Waals surface area contributed by atoms with Crippen molar-refractivity contribution in [2.24, 2.45) is 0 Å². The SMILES string of the molecule is CCC(C)(CC)NC(=O)c1cc(C)ccc1NC. The molecule has 0 bridgehead atoms. The molecule has 0 aromatic heterocycles. The first-order valence-corrected chi connectivity index (χ1v) is 6.56. The van der Waals surface area contributed by atoms with Crippen LogP contribution in [0.3, 0.4) is 0 Å². The van der Waals surface area contributed by atoms with Crippen molar-refractivity contribution in [2.45, 2.75) is 46.1 Å². The fraction of sp³-hybridized carbons (Fsp3) is 0.533. The van der Waals surface area contributed by atoms with E-state index < -0.39 is 0 Å². The Balaban J connectivity index is 3.00. The summed E-state index contributed by atoms with van der Waals surface area (Å²) in [6.07, 6.45) is 1.85. The Bertz CT molecular complexity index is 423. The van der Waals surface area contributed by atoms with Crippen molar-refractivity contribution < 1.29 is 4.79 Å². The molecular weight excluding hydrogens is 224 g/mol. The van der Waals surface area contributed by atoms with Gasteiger partial charge in [0.1, 0.15) is 0 Å². The second-order valence-corrected chi connectivity index (χ2v) is 5.02. The molecule has 1 aromatic carbocycles. The van der Waals surface area contributed by atoms with E-state index in [1.165, 1.54) is 0 Å². The molecule has 2 N–H and O–H groups in total. The van der Waals surface area contributed by atoms with Crippen LogP contribution < -0.4 is 10.6 Å². The third-order valence-electron chi connectivity index (χ3n) is 3.67. The first kappa shape index (κ1) is 14.6. The highest BCUT2D eigenvalue weighted by Crippen LogP contribution is 2.20. The molecule has 0 aliphatic carbocycles. The Kier molecular flexibility index (Phi) is 4.76. The van der Waals surface area contributed by atoms with Crippen molar-refractivity contribution in [3.8, 4) is 0 Å². The number of carbonyl (C=O) groups is 1. The van der Waals surface area contributed by atoms with Gasteiger partial charge in [0.15, 0.2) is 0 Å². The molecule has 1 rings (SSSR count). The highest BCUT2D eigenvalue weighted by molar-refractivity contribution is 6.00. The molecular formula is C15H24N2O. The average Bonchev–Trinajstić information content (AvgIpc) is 2.38. The topological polar surface area (TPSA) is 41.1 Å². The van der Waals surface area contributed by atoms with Crippen LogP contribution >= 0.6 is 0 Å². The van der Waals surface area contributed by atoms with Crippen LogP contribution in [0.2, 0.25) is 0 Å². The van der Waals surface area contributed by atoms with Gasteiger partial charge in [0.2, 0.25) is 0 Å². The largest absolute Gasteiger partial charge is 0.387 e. The molecule has 100 valence electrons. The van der Waals surface area contributed by atoms with Gasteiger partial charge in [-0.25, -0.2) is 0 Å². The predicted octanol–water partition coefficient (Wildman–Crippen LogP) is 3.35. The molecule has 18 heavy (non-hydrogen) atoms. The monoisotopic (exact) mass is 248 g/mol. The summed E-state index contributed by atoms with van der Waals surface area (Å²) in [6, 6.07) is 5.87. The minimum Gasteiger partial charge on any atom is -0.387 e. The quantitative estimate of drug-likeness (QED) is 0.839. The van der Waals surface area contributed by atoms with Gasteiger partial charge in [-0.2, -0.15) is 0 Å². The highest BCUT2D eigenvalue weighted by Gasteiger charge is 2.23. The summed E-state index contributed by atoms with van der Waals surface area (Å²) in [5.41, 5.74) is 2.54. The van der Waals surface area contributed by atoms with Crippen LogP contribution in [0.15, 0.2) is 18.2 Å². The molecule has 0 atom stereocenters. The zero-order chi connectivity index (χ0) is 13.8. The zero-order valence-electron chi connectivity index (χ0n) is 12.1. The van der Waals surface area contributed by atoms with E-state index in [-0.39, 0.29) is 11.4 Å². The average molecular weight is 248 g/mol. The maximum Gasteiger partial charge on any atom is 0.253 e. The number of aryl methyl sites for hydroxylation is 1. The molecule has 0 aliphatic rings. The summed E-state index contributed by atoms with van der Waals surface area (Å²) >= 11 is 0. The van der Waals surface area contributed by atoms with Crippen LogP contribution in [0.25, 0.3) is 0 Å². The molecule has 3 heteroatoms. The molecule has 0 aliphatic heterocycles. The van der Waals surface area contributed by atoms with E-state index in [4.69, 9.17) is 0 Å². The molecule has 0 heterocycles. The number of benzene rings is 1.